The summed E-state index contributed by atoms with van der Waals surface area (Å²) in [6, 6.07) is 13.4. The van der Waals surface area contributed by atoms with E-state index in [0.29, 0.717) is 39.4 Å². The van der Waals surface area contributed by atoms with Crippen LogP contribution in [0.4, 0.5) is 11.4 Å². The van der Waals surface area contributed by atoms with Crippen LogP contribution in [-0.4, -0.2) is 32.7 Å². The SMILES string of the molecule is CNC(=O)c1c(C)c2c(c(C(=O)NC)c1-c1ccc3c(c1)OCO3)Nc1ccccc1S2. The summed E-state index contributed by atoms with van der Waals surface area (Å²) < 4.78 is 11.0. The Bertz CT molecular complexity index is 1290. The van der Waals surface area contributed by atoms with E-state index in [1.807, 2.05) is 43.3 Å². The van der Waals surface area contributed by atoms with Gasteiger partial charge in [-0.2, -0.15) is 0 Å². The third-order valence-corrected chi connectivity index (χ3v) is 6.91. The third kappa shape index (κ3) is 3.06. The molecule has 0 aromatic heterocycles. The third-order valence-electron chi connectivity index (χ3n) is 5.62. The highest BCUT2D eigenvalue weighted by Gasteiger charge is 2.32. The van der Waals surface area contributed by atoms with Crippen LogP contribution in [0.5, 0.6) is 11.5 Å². The van der Waals surface area contributed by atoms with Gasteiger partial charge in [0.05, 0.1) is 22.5 Å². The number of hydrogen-bond acceptors (Lipinski definition) is 6. The van der Waals surface area contributed by atoms with E-state index in [9.17, 15) is 9.59 Å². The molecule has 0 saturated carbocycles. The summed E-state index contributed by atoms with van der Waals surface area (Å²) in [5.41, 5.74) is 4.51. The summed E-state index contributed by atoms with van der Waals surface area (Å²) in [6.45, 7) is 2.05. The van der Waals surface area contributed by atoms with Gasteiger partial charge in [0.15, 0.2) is 11.5 Å². The quantitative estimate of drug-likeness (QED) is 0.434. The van der Waals surface area contributed by atoms with Gasteiger partial charge in [0.1, 0.15) is 0 Å². The van der Waals surface area contributed by atoms with Gasteiger partial charge in [-0.15, -0.1) is 0 Å². The first kappa shape index (κ1) is 20.3. The van der Waals surface area contributed by atoms with Crippen molar-refractivity contribution in [3.63, 3.8) is 0 Å². The van der Waals surface area contributed by atoms with Crippen LogP contribution in [-0.2, 0) is 0 Å². The smallest absolute Gasteiger partial charge is 0.253 e. The minimum Gasteiger partial charge on any atom is -0.454 e. The molecule has 0 unspecified atom stereocenters. The first-order valence-corrected chi connectivity index (χ1v) is 10.9. The molecular weight excluding hydrogens is 426 g/mol. The minimum absolute atomic E-state index is 0.140. The zero-order valence-corrected chi connectivity index (χ0v) is 18.6. The summed E-state index contributed by atoms with van der Waals surface area (Å²) in [6.07, 6.45) is 0. The molecule has 5 rings (SSSR count). The molecule has 0 fully saturated rings. The molecule has 2 heterocycles. The fraction of sp³-hybridized carbons (Fsp3) is 0.167. The summed E-state index contributed by atoms with van der Waals surface area (Å²) in [5.74, 6) is 0.666. The van der Waals surface area contributed by atoms with Crippen molar-refractivity contribution in [2.24, 2.45) is 0 Å². The Kier molecular flexibility index (Phi) is 4.94. The molecule has 2 amide bonds. The Labute approximate surface area is 189 Å². The number of carbonyl (C=O) groups excluding carboxylic acids is 2. The molecule has 0 atom stereocenters. The van der Waals surface area contributed by atoms with Gasteiger partial charge < -0.3 is 25.4 Å². The number of carbonyl (C=O) groups is 2. The number of anilines is 2. The standard InChI is InChI=1S/C24H21N3O4S/c1-12-18(23(28)25-2)19(13-8-9-15-16(10-13)31-11-30-15)20(24(29)26-3)21-22(12)32-17-7-5-4-6-14(17)27-21/h4-10,27H,11H2,1-3H3,(H,25,28)(H,26,29). The van der Waals surface area contributed by atoms with E-state index < -0.39 is 0 Å². The largest absolute Gasteiger partial charge is 0.454 e. The van der Waals surface area contributed by atoms with Gasteiger partial charge in [-0.3, -0.25) is 9.59 Å². The van der Waals surface area contributed by atoms with Gasteiger partial charge in [0.2, 0.25) is 6.79 Å². The number of ether oxygens (including phenoxy) is 2. The van der Waals surface area contributed by atoms with E-state index in [0.717, 1.165) is 21.0 Å². The number of hydrogen-bond donors (Lipinski definition) is 3. The highest BCUT2D eigenvalue weighted by Crippen LogP contribution is 2.51. The van der Waals surface area contributed by atoms with Crippen LogP contribution in [0, 0.1) is 6.92 Å². The molecule has 162 valence electrons. The van der Waals surface area contributed by atoms with Gasteiger partial charge in [0, 0.05) is 29.4 Å². The Morgan fingerprint density at radius 1 is 0.969 bits per heavy atom. The first-order valence-electron chi connectivity index (χ1n) is 10.1. The average molecular weight is 448 g/mol. The maximum Gasteiger partial charge on any atom is 0.253 e. The number of rotatable bonds is 3. The van der Waals surface area contributed by atoms with E-state index in [4.69, 9.17) is 9.47 Å². The summed E-state index contributed by atoms with van der Waals surface area (Å²) >= 11 is 1.55. The Morgan fingerprint density at radius 2 is 1.69 bits per heavy atom. The maximum absolute atomic E-state index is 13.3. The van der Waals surface area contributed by atoms with Crippen molar-refractivity contribution in [2.75, 3.05) is 26.2 Å². The van der Waals surface area contributed by atoms with Gasteiger partial charge in [-0.25, -0.2) is 0 Å². The van der Waals surface area contributed by atoms with Gasteiger partial charge in [-0.05, 0) is 42.3 Å². The van der Waals surface area contributed by atoms with Crippen molar-refractivity contribution >= 4 is 35.0 Å². The lowest BCUT2D eigenvalue weighted by Crippen LogP contribution is -2.26. The van der Waals surface area contributed by atoms with Gasteiger partial charge in [0.25, 0.3) is 11.8 Å². The van der Waals surface area contributed by atoms with Crippen molar-refractivity contribution in [3.05, 3.63) is 59.2 Å². The van der Waals surface area contributed by atoms with Crippen molar-refractivity contribution in [3.8, 4) is 22.6 Å². The number of para-hydroxylation sites is 1. The topological polar surface area (TPSA) is 88.7 Å². The highest BCUT2D eigenvalue weighted by atomic mass is 32.2. The molecule has 32 heavy (non-hydrogen) atoms. The second-order valence-electron chi connectivity index (χ2n) is 7.40. The molecule has 0 spiro atoms. The predicted molar refractivity (Wildman–Crippen MR) is 123 cm³/mol. The Morgan fingerprint density at radius 3 is 2.47 bits per heavy atom. The summed E-state index contributed by atoms with van der Waals surface area (Å²) in [5, 5.41) is 8.93. The van der Waals surface area contributed by atoms with Crippen LogP contribution in [0.2, 0.25) is 0 Å². The maximum atomic E-state index is 13.3. The van der Waals surface area contributed by atoms with Crippen LogP contribution in [0.3, 0.4) is 0 Å². The monoisotopic (exact) mass is 447 g/mol. The number of nitrogens with one attached hydrogen (secondary N) is 3. The Balaban J connectivity index is 1.85. The van der Waals surface area contributed by atoms with Crippen molar-refractivity contribution < 1.29 is 19.1 Å². The molecule has 0 saturated heterocycles. The fourth-order valence-corrected chi connectivity index (χ4v) is 5.21. The van der Waals surface area contributed by atoms with Crippen LogP contribution >= 0.6 is 11.8 Å². The molecule has 2 aliphatic rings. The number of amides is 2. The number of fused-ring (bicyclic) bond motifs is 3. The Hall–Kier alpha value is -3.65. The average Bonchev–Trinajstić information content (AvgIpc) is 3.30. The van der Waals surface area contributed by atoms with Crippen LogP contribution in [0.1, 0.15) is 26.3 Å². The lowest BCUT2D eigenvalue weighted by molar-refractivity contribution is 0.0962. The molecule has 2 aliphatic heterocycles. The van der Waals surface area contributed by atoms with E-state index in [1.54, 1.807) is 31.9 Å². The lowest BCUT2D eigenvalue weighted by atomic mass is 9.88. The molecule has 3 aromatic carbocycles. The van der Waals surface area contributed by atoms with Crippen LogP contribution < -0.4 is 25.4 Å². The molecule has 8 heteroatoms. The minimum atomic E-state index is -0.286. The zero-order valence-electron chi connectivity index (χ0n) is 17.8. The highest BCUT2D eigenvalue weighted by molar-refractivity contribution is 7.99. The van der Waals surface area contributed by atoms with E-state index >= 15 is 0 Å². The molecule has 3 N–H and O–H groups in total. The van der Waals surface area contributed by atoms with E-state index in [2.05, 4.69) is 16.0 Å². The van der Waals surface area contributed by atoms with E-state index in [1.165, 1.54) is 0 Å². The first-order chi connectivity index (χ1) is 15.5. The van der Waals surface area contributed by atoms with Crippen molar-refractivity contribution in [2.45, 2.75) is 16.7 Å². The lowest BCUT2D eigenvalue weighted by Gasteiger charge is -2.28. The molecule has 3 aromatic rings. The fourth-order valence-electron chi connectivity index (χ4n) is 4.10. The van der Waals surface area contributed by atoms with Crippen molar-refractivity contribution in [1.82, 2.24) is 10.6 Å². The molecule has 7 nitrogen and oxygen atoms in total. The van der Waals surface area contributed by atoms with Gasteiger partial charge in [-0.1, -0.05) is 30.0 Å². The predicted octanol–water partition coefficient (Wildman–Crippen LogP) is 4.32. The van der Waals surface area contributed by atoms with Crippen LogP contribution in [0.25, 0.3) is 11.1 Å². The normalized spacial score (nSPS) is 13.0. The van der Waals surface area contributed by atoms with Crippen molar-refractivity contribution in [1.29, 1.82) is 0 Å². The molecule has 0 bridgehead atoms. The molecule has 0 aliphatic carbocycles. The molecular formula is C24H21N3O4S. The summed E-state index contributed by atoms with van der Waals surface area (Å²) in [7, 11) is 3.17. The zero-order chi connectivity index (χ0) is 22.4. The van der Waals surface area contributed by atoms with Crippen LogP contribution in [0.15, 0.2) is 52.3 Å². The second-order valence-corrected chi connectivity index (χ2v) is 8.46. The second kappa shape index (κ2) is 7.80. The number of benzene rings is 3. The van der Waals surface area contributed by atoms with Gasteiger partial charge >= 0.3 is 0 Å². The molecule has 0 radical (unpaired) electrons. The van der Waals surface area contributed by atoms with E-state index in [-0.39, 0.29) is 18.6 Å². The summed E-state index contributed by atoms with van der Waals surface area (Å²) in [4.78, 5) is 28.3.